The summed E-state index contributed by atoms with van der Waals surface area (Å²) in [6, 6.07) is -0.423. The smallest absolute Gasteiger partial charge is 0.383 e. The fourth-order valence-electron chi connectivity index (χ4n) is 2.74. The maximum absolute atomic E-state index is 12.5. The first-order chi connectivity index (χ1) is 10.8. The minimum absolute atomic E-state index is 0.129. The van der Waals surface area contributed by atoms with Crippen molar-refractivity contribution in [2.24, 2.45) is 5.92 Å². The zero-order valence-electron chi connectivity index (χ0n) is 12.8. The van der Waals surface area contributed by atoms with Gasteiger partial charge in [-0.25, -0.2) is 9.78 Å². The molecule has 1 aliphatic rings. The van der Waals surface area contributed by atoms with Crippen molar-refractivity contribution in [2.45, 2.75) is 44.6 Å². The van der Waals surface area contributed by atoms with E-state index >= 15 is 0 Å². The van der Waals surface area contributed by atoms with Gasteiger partial charge in [0, 0.05) is 38.1 Å². The summed E-state index contributed by atoms with van der Waals surface area (Å²) >= 11 is 0. The maximum Gasteiger partial charge on any atom is 0.414 e. The third-order valence-corrected chi connectivity index (χ3v) is 4.02. The van der Waals surface area contributed by atoms with Gasteiger partial charge < -0.3 is 19.9 Å². The first kappa shape index (κ1) is 17.6. The second kappa shape index (κ2) is 7.20. The first-order valence-electron chi connectivity index (χ1n) is 7.53. The molecule has 0 spiro atoms. The summed E-state index contributed by atoms with van der Waals surface area (Å²) in [5.41, 5.74) is 0. The van der Waals surface area contributed by atoms with Crippen LogP contribution in [0.15, 0.2) is 18.7 Å². The van der Waals surface area contributed by atoms with Crippen molar-refractivity contribution in [1.29, 1.82) is 0 Å². The minimum Gasteiger partial charge on any atom is -0.383 e. The molecule has 2 rings (SSSR count). The highest BCUT2D eigenvalue weighted by molar-refractivity contribution is 5.74. The Balaban J connectivity index is 1.77. The van der Waals surface area contributed by atoms with Gasteiger partial charge in [-0.05, 0) is 25.7 Å². The van der Waals surface area contributed by atoms with E-state index in [1.807, 2.05) is 11.5 Å². The number of aromatic nitrogens is 2. The van der Waals surface area contributed by atoms with E-state index in [9.17, 15) is 23.1 Å². The molecule has 1 fully saturated rings. The normalized spacial score (nSPS) is 19.4. The lowest BCUT2D eigenvalue weighted by Gasteiger charge is -2.35. The number of aliphatic hydroxyl groups excluding tert-OH is 1. The monoisotopic (exact) mass is 334 g/mol. The van der Waals surface area contributed by atoms with E-state index in [1.54, 1.807) is 18.7 Å². The van der Waals surface area contributed by atoms with Crippen LogP contribution in [0, 0.1) is 5.92 Å². The number of imidazole rings is 1. The van der Waals surface area contributed by atoms with E-state index in [1.165, 1.54) is 4.90 Å². The molecule has 2 atom stereocenters. The quantitative estimate of drug-likeness (QED) is 0.879. The van der Waals surface area contributed by atoms with E-state index in [-0.39, 0.29) is 38.0 Å². The van der Waals surface area contributed by atoms with E-state index in [0.29, 0.717) is 6.54 Å². The fourth-order valence-corrected chi connectivity index (χ4v) is 2.74. The van der Waals surface area contributed by atoms with Crippen LogP contribution < -0.4 is 5.32 Å². The van der Waals surface area contributed by atoms with Crippen molar-refractivity contribution in [3.63, 3.8) is 0 Å². The first-order valence-corrected chi connectivity index (χ1v) is 7.53. The summed E-state index contributed by atoms with van der Waals surface area (Å²) in [5.74, 6) is -0.845. The largest absolute Gasteiger partial charge is 0.414 e. The van der Waals surface area contributed by atoms with Crippen molar-refractivity contribution in [3.05, 3.63) is 18.7 Å². The highest BCUT2D eigenvalue weighted by Gasteiger charge is 2.44. The van der Waals surface area contributed by atoms with Gasteiger partial charge in [-0.1, -0.05) is 0 Å². The van der Waals surface area contributed by atoms with Crippen LogP contribution in [-0.2, 0) is 6.54 Å². The molecule has 0 radical (unpaired) electrons. The lowest BCUT2D eigenvalue weighted by atomic mass is 9.91. The fraction of sp³-hybridized carbons (Fsp3) is 0.714. The van der Waals surface area contributed by atoms with Crippen LogP contribution >= 0.6 is 0 Å². The summed E-state index contributed by atoms with van der Waals surface area (Å²) in [6.07, 6.45) is -1.56. The van der Waals surface area contributed by atoms with Crippen LogP contribution in [0.25, 0.3) is 0 Å². The van der Waals surface area contributed by atoms with Gasteiger partial charge in [-0.3, -0.25) is 0 Å². The third-order valence-electron chi connectivity index (χ3n) is 4.02. The molecule has 130 valence electrons. The Hall–Kier alpha value is -1.77. The molecule has 2 N–H and O–H groups in total. The number of carbonyl (C=O) groups is 1. The zero-order valence-corrected chi connectivity index (χ0v) is 12.8. The Morgan fingerprint density at radius 2 is 2.09 bits per heavy atom. The summed E-state index contributed by atoms with van der Waals surface area (Å²) in [4.78, 5) is 17.5. The van der Waals surface area contributed by atoms with Crippen molar-refractivity contribution >= 4 is 6.03 Å². The number of aliphatic hydroxyl groups is 1. The summed E-state index contributed by atoms with van der Waals surface area (Å²) in [5, 5.41) is 12.1. The molecule has 2 amide bonds. The number of carbonyl (C=O) groups excluding carboxylic acids is 1. The molecule has 0 aromatic carbocycles. The summed E-state index contributed by atoms with van der Waals surface area (Å²) in [7, 11) is 0. The second-order valence-corrected chi connectivity index (χ2v) is 5.92. The number of hydrogen-bond acceptors (Lipinski definition) is 3. The van der Waals surface area contributed by atoms with Crippen molar-refractivity contribution in [2.75, 3.05) is 13.1 Å². The molecule has 0 aliphatic carbocycles. The Morgan fingerprint density at radius 1 is 1.43 bits per heavy atom. The maximum atomic E-state index is 12.5. The number of likely N-dealkylation sites (tertiary alicyclic amines) is 1. The molecule has 1 saturated heterocycles. The van der Waals surface area contributed by atoms with Gasteiger partial charge in [0.2, 0.25) is 0 Å². The number of nitrogens with one attached hydrogen (secondary N) is 1. The van der Waals surface area contributed by atoms with E-state index in [4.69, 9.17) is 0 Å². The minimum atomic E-state index is -4.60. The number of hydrogen-bond donors (Lipinski definition) is 2. The molecule has 0 bridgehead atoms. The zero-order chi connectivity index (χ0) is 17.0. The molecule has 1 aliphatic heterocycles. The highest BCUT2D eigenvalue weighted by Crippen LogP contribution is 2.31. The molecule has 2 unspecified atom stereocenters. The van der Waals surface area contributed by atoms with Gasteiger partial charge >= 0.3 is 12.2 Å². The average Bonchev–Trinajstić information content (AvgIpc) is 2.98. The number of piperidine rings is 1. The molecule has 6 nitrogen and oxygen atoms in total. The molecule has 9 heteroatoms. The van der Waals surface area contributed by atoms with Crippen LogP contribution in [-0.4, -0.2) is 57.0 Å². The summed E-state index contributed by atoms with van der Waals surface area (Å²) < 4.78 is 39.3. The van der Waals surface area contributed by atoms with E-state index < -0.39 is 18.2 Å². The van der Waals surface area contributed by atoms with Gasteiger partial charge in [0.15, 0.2) is 6.10 Å². The number of amides is 2. The van der Waals surface area contributed by atoms with Crippen LogP contribution in [0.5, 0.6) is 0 Å². The standard InChI is InChI=1S/C14H21F3N4O2/c1-10(8-20-7-4-18-9-20)19-13(23)21-5-2-11(3-6-21)12(22)14(15,16)17/h4,7,9-12,22H,2-3,5-6,8H2,1H3,(H,19,23). The van der Waals surface area contributed by atoms with Crippen molar-refractivity contribution in [3.8, 4) is 0 Å². The molecule has 1 aromatic rings. The Labute approximate surface area is 132 Å². The Morgan fingerprint density at radius 3 is 2.61 bits per heavy atom. The second-order valence-electron chi connectivity index (χ2n) is 5.92. The topological polar surface area (TPSA) is 70.4 Å². The number of rotatable bonds is 4. The van der Waals surface area contributed by atoms with Gasteiger partial charge in [0.1, 0.15) is 0 Å². The number of urea groups is 1. The molecule has 0 saturated carbocycles. The van der Waals surface area contributed by atoms with E-state index in [0.717, 1.165) is 0 Å². The predicted molar refractivity (Wildman–Crippen MR) is 76.6 cm³/mol. The summed E-state index contributed by atoms with van der Waals surface area (Å²) in [6.45, 7) is 2.83. The number of nitrogens with zero attached hydrogens (tertiary/aromatic N) is 3. The van der Waals surface area contributed by atoms with Crippen molar-refractivity contribution in [1.82, 2.24) is 19.8 Å². The van der Waals surface area contributed by atoms with Gasteiger partial charge in [-0.15, -0.1) is 0 Å². The Bertz CT molecular complexity index is 499. The SMILES string of the molecule is CC(Cn1ccnc1)NC(=O)N1CCC(C(O)C(F)(F)F)CC1. The lowest BCUT2D eigenvalue weighted by molar-refractivity contribution is -0.222. The predicted octanol–water partition coefficient (Wildman–Crippen LogP) is 1.62. The van der Waals surface area contributed by atoms with Crippen LogP contribution in [0.4, 0.5) is 18.0 Å². The average molecular weight is 334 g/mol. The lowest BCUT2D eigenvalue weighted by Crippen LogP contribution is -2.50. The van der Waals surface area contributed by atoms with Gasteiger partial charge in [0.05, 0.1) is 6.33 Å². The number of halogens is 3. The van der Waals surface area contributed by atoms with Crippen LogP contribution in [0.2, 0.25) is 0 Å². The molecular formula is C14H21F3N4O2. The molecule has 1 aromatic heterocycles. The number of alkyl halides is 3. The molecule has 2 heterocycles. The van der Waals surface area contributed by atoms with Crippen molar-refractivity contribution < 1.29 is 23.1 Å². The van der Waals surface area contributed by atoms with Gasteiger partial charge in [-0.2, -0.15) is 13.2 Å². The molecular weight excluding hydrogens is 313 g/mol. The van der Waals surface area contributed by atoms with Gasteiger partial charge in [0.25, 0.3) is 0 Å². The van der Waals surface area contributed by atoms with Crippen LogP contribution in [0.1, 0.15) is 19.8 Å². The van der Waals surface area contributed by atoms with Crippen LogP contribution in [0.3, 0.4) is 0 Å². The van der Waals surface area contributed by atoms with E-state index in [2.05, 4.69) is 10.3 Å². The molecule has 23 heavy (non-hydrogen) atoms. The highest BCUT2D eigenvalue weighted by atomic mass is 19.4. The third kappa shape index (κ3) is 4.85. The Kier molecular flexibility index (Phi) is 5.51.